The van der Waals surface area contributed by atoms with E-state index in [4.69, 9.17) is 6.57 Å². The Morgan fingerprint density at radius 3 is 1.80 bits per heavy atom. The van der Waals surface area contributed by atoms with Gasteiger partial charge in [-0.2, -0.15) is 0 Å². The van der Waals surface area contributed by atoms with Gasteiger partial charge in [0.25, 0.3) is 11.8 Å². The first kappa shape index (κ1) is 29.1. The molecule has 5 heteroatoms. The fourth-order valence-electron chi connectivity index (χ4n) is 7.30. The number of amides is 2. The summed E-state index contributed by atoms with van der Waals surface area (Å²) < 4.78 is 2.10. The van der Waals surface area contributed by atoms with Crippen molar-refractivity contribution in [3.05, 3.63) is 186 Å². The third-order valence-corrected chi connectivity index (χ3v) is 9.57. The zero-order valence-corrected chi connectivity index (χ0v) is 26.7. The first-order chi connectivity index (χ1) is 24.6. The zero-order chi connectivity index (χ0) is 33.8. The molecule has 0 radical (unpaired) electrons. The van der Waals surface area contributed by atoms with E-state index in [1.54, 1.807) is 6.07 Å². The van der Waals surface area contributed by atoms with Crippen LogP contribution in [0.3, 0.4) is 0 Å². The van der Waals surface area contributed by atoms with E-state index in [0.717, 1.165) is 55.2 Å². The number of imide groups is 1. The van der Waals surface area contributed by atoms with Crippen molar-refractivity contribution in [1.82, 2.24) is 4.57 Å². The van der Waals surface area contributed by atoms with Gasteiger partial charge in [0.2, 0.25) is 0 Å². The molecule has 0 unspecified atom stereocenters. The summed E-state index contributed by atoms with van der Waals surface area (Å²) in [6, 6.07) is 53.3. The second-order valence-corrected chi connectivity index (χ2v) is 12.3. The zero-order valence-electron chi connectivity index (χ0n) is 26.7. The highest BCUT2D eigenvalue weighted by Gasteiger charge is 2.40. The number of para-hydroxylation sites is 1. The van der Waals surface area contributed by atoms with E-state index in [1.165, 1.54) is 4.90 Å². The molecule has 2 amide bonds. The van der Waals surface area contributed by atoms with Gasteiger partial charge in [-0.25, -0.2) is 9.74 Å². The van der Waals surface area contributed by atoms with Crippen LogP contribution in [-0.2, 0) is 0 Å². The van der Waals surface area contributed by atoms with Gasteiger partial charge < -0.3 is 4.57 Å². The topological polar surface area (TPSA) is 46.7 Å². The lowest BCUT2D eigenvalue weighted by molar-refractivity contribution is 0.0926. The van der Waals surface area contributed by atoms with Gasteiger partial charge in [0.1, 0.15) is 0 Å². The van der Waals surface area contributed by atoms with Gasteiger partial charge in [-0.3, -0.25) is 9.59 Å². The third kappa shape index (κ3) is 4.47. The van der Waals surface area contributed by atoms with E-state index < -0.39 is 0 Å². The number of aromatic nitrogens is 1. The van der Waals surface area contributed by atoms with Crippen molar-refractivity contribution in [3.8, 4) is 39.1 Å². The van der Waals surface area contributed by atoms with Crippen molar-refractivity contribution in [2.75, 3.05) is 4.90 Å². The van der Waals surface area contributed by atoms with Crippen LogP contribution in [0.15, 0.2) is 164 Å². The number of rotatable bonds is 5. The van der Waals surface area contributed by atoms with Crippen LogP contribution < -0.4 is 4.90 Å². The summed E-state index contributed by atoms with van der Waals surface area (Å²) in [6.07, 6.45) is 0. The minimum atomic E-state index is -0.361. The lowest BCUT2D eigenvalue weighted by Gasteiger charge is -2.22. The summed E-state index contributed by atoms with van der Waals surface area (Å²) in [7, 11) is 0. The summed E-state index contributed by atoms with van der Waals surface area (Å²) in [5.41, 5.74) is 10.0. The summed E-state index contributed by atoms with van der Waals surface area (Å²) in [4.78, 5) is 34.2. The molecule has 0 atom stereocenters. The first-order valence-electron chi connectivity index (χ1n) is 16.4. The average Bonchev–Trinajstić information content (AvgIpc) is 3.65. The van der Waals surface area contributed by atoms with Gasteiger partial charge in [-0.05, 0) is 58.1 Å². The van der Waals surface area contributed by atoms with Crippen LogP contribution in [0.2, 0.25) is 0 Å². The second kappa shape index (κ2) is 11.6. The molecule has 0 aliphatic carbocycles. The first-order valence-corrected chi connectivity index (χ1v) is 16.4. The number of hydrogen-bond donors (Lipinski definition) is 0. The Bertz CT molecular complexity index is 2690. The van der Waals surface area contributed by atoms with Crippen LogP contribution >= 0.6 is 0 Å². The summed E-state index contributed by atoms with van der Waals surface area (Å²) >= 11 is 0. The van der Waals surface area contributed by atoms with Crippen LogP contribution in [0.5, 0.6) is 0 Å². The molecule has 1 aromatic heterocycles. The van der Waals surface area contributed by atoms with Crippen molar-refractivity contribution in [2.24, 2.45) is 0 Å². The minimum absolute atomic E-state index is 0.351. The minimum Gasteiger partial charge on any atom is -0.308 e. The Morgan fingerprint density at radius 1 is 0.440 bits per heavy atom. The predicted molar refractivity (Wildman–Crippen MR) is 201 cm³/mol. The number of anilines is 1. The molecule has 7 aromatic carbocycles. The lowest BCUT2D eigenvalue weighted by atomic mass is 9.92. The fourth-order valence-corrected chi connectivity index (χ4v) is 7.30. The van der Waals surface area contributed by atoms with Crippen molar-refractivity contribution < 1.29 is 9.59 Å². The molecule has 5 nitrogen and oxygen atoms in total. The molecule has 0 spiro atoms. The Labute approximate surface area is 288 Å². The van der Waals surface area contributed by atoms with Gasteiger partial charge in [-0.15, -0.1) is 0 Å². The fraction of sp³-hybridized carbons (Fsp3) is 0. The molecule has 234 valence electrons. The average molecular weight is 642 g/mol. The molecule has 8 aromatic rings. The number of fused-ring (bicyclic) bond motifs is 4. The predicted octanol–water partition coefficient (Wildman–Crippen LogP) is 11.1. The van der Waals surface area contributed by atoms with Crippen LogP contribution in [0.25, 0.3) is 65.7 Å². The van der Waals surface area contributed by atoms with Crippen LogP contribution in [-0.4, -0.2) is 16.4 Å². The van der Waals surface area contributed by atoms with E-state index in [1.807, 2.05) is 127 Å². The molecule has 0 N–H and O–H groups in total. The van der Waals surface area contributed by atoms with Crippen LogP contribution in [0.1, 0.15) is 20.7 Å². The molecule has 50 heavy (non-hydrogen) atoms. The molecule has 9 rings (SSSR count). The van der Waals surface area contributed by atoms with E-state index >= 15 is 0 Å². The van der Waals surface area contributed by atoms with Gasteiger partial charge in [0, 0.05) is 16.3 Å². The summed E-state index contributed by atoms with van der Waals surface area (Å²) in [5, 5.41) is 2.08. The normalized spacial score (nSPS) is 12.4. The van der Waals surface area contributed by atoms with Crippen molar-refractivity contribution >= 4 is 45.0 Å². The number of carbonyl (C=O) groups excluding carboxylic acids is 2. The summed E-state index contributed by atoms with van der Waals surface area (Å²) in [6.45, 7) is 7.34. The van der Waals surface area contributed by atoms with Crippen LogP contribution in [0, 0.1) is 6.57 Å². The Kier molecular flexibility index (Phi) is 6.75. The molecule has 0 bridgehead atoms. The summed E-state index contributed by atoms with van der Waals surface area (Å²) in [5.74, 6) is -0.713. The van der Waals surface area contributed by atoms with E-state index in [0.29, 0.717) is 28.2 Å². The molecule has 0 saturated heterocycles. The van der Waals surface area contributed by atoms with Gasteiger partial charge in [-0.1, -0.05) is 133 Å². The highest BCUT2D eigenvalue weighted by atomic mass is 16.2. The van der Waals surface area contributed by atoms with Gasteiger partial charge in [0.15, 0.2) is 5.69 Å². The Hall–Kier alpha value is -7.03. The maximum Gasteiger partial charge on any atom is 0.268 e. The van der Waals surface area contributed by atoms with Gasteiger partial charge in [0.05, 0.1) is 40.1 Å². The van der Waals surface area contributed by atoms with Gasteiger partial charge >= 0.3 is 0 Å². The molecule has 2 heterocycles. The monoisotopic (exact) mass is 641 g/mol. The maximum absolute atomic E-state index is 14.8. The largest absolute Gasteiger partial charge is 0.308 e. The Balaban J connectivity index is 1.25. The number of nitrogens with zero attached hydrogens (tertiary/aromatic N) is 3. The van der Waals surface area contributed by atoms with E-state index in [-0.39, 0.29) is 11.8 Å². The van der Waals surface area contributed by atoms with Crippen LogP contribution in [0.4, 0.5) is 11.4 Å². The lowest BCUT2D eigenvalue weighted by Crippen LogP contribution is -2.30. The molecule has 0 fully saturated rings. The highest BCUT2D eigenvalue weighted by molar-refractivity contribution is 6.36. The molecule has 0 saturated carbocycles. The number of carbonyl (C=O) groups is 2. The maximum atomic E-state index is 14.8. The second-order valence-electron chi connectivity index (χ2n) is 12.3. The standard InChI is InChI=1S/C45H27N3O2/c1-46-33-25-22-29(23-26-33)32-24-27-36-35-16-8-9-19-38(35)47(41(36)28-32)40-21-11-18-37-43(40)45(50)48(44(37)49)39-20-10-17-34(30-12-4-2-5-13-30)42(39)31-14-6-3-7-15-31/h2-28H. The quantitative estimate of drug-likeness (QED) is 0.139. The third-order valence-electron chi connectivity index (χ3n) is 9.57. The SMILES string of the molecule is [C-]#[N+]c1ccc(-c2ccc3c4ccccc4n(-c4cccc5c4C(=O)N(c4cccc(-c6ccccc6)c4-c4ccccc4)C5=O)c3c2)cc1. The molecular weight excluding hydrogens is 615 g/mol. The van der Waals surface area contributed by atoms with Crippen molar-refractivity contribution in [3.63, 3.8) is 0 Å². The smallest absolute Gasteiger partial charge is 0.268 e. The number of benzene rings is 7. The Morgan fingerprint density at radius 2 is 1.06 bits per heavy atom. The van der Waals surface area contributed by atoms with Crippen molar-refractivity contribution in [1.29, 1.82) is 0 Å². The van der Waals surface area contributed by atoms with Crippen molar-refractivity contribution in [2.45, 2.75) is 0 Å². The highest BCUT2D eigenvalue weighted by Crippen LogP contribution is 2.44. The number of hydrogen-bond acceptors (Lipinski definition) is 2. The molecule has 1 aliphatic heterocycles. The van der Waals surface area contributed by atoms with E-state index in [2.05, 4.69) is 39.7 Å². The molecule has 1 aliphatic rings. The molecular formula is C45H27N3O2. The van der Waals surface area contributed by atoms with E-state index in [9.17, 15) is 9.59 Å².